The second-order valence-corrected chi connectivity index (χ2v) is 9.36. The molecule has 0 saturated heterocycles. The molecule has 0 spiro atoms. The fraction of sp³-hybridized carbons (Fsp3) is 0.474. The second-order valence-electron chi connectivity index (χ2n) is 6.85. The molecule has 0 atom stereocenters. The number of halogens is 3. The number of hydrogen-bond acceptors (Lipinski definition) is 3. The van der Waals surface area contributed by atoms with Gasteiger partial charge >= 0.3 is 6.09 Å². The van der Waals surface area contributed by atoms with Gasteiger partial charge in [-0.1, -0.05) is 71.8 Å². The summed E-state index contributed by atoms with van der Waals surface area (Å²) in [7, 11) is 0. The number of aromatic nitrogens is 2. The van der Waals surface area contributed by atoms with Gasteiger partial charge in [0.1, 0.15) is 0 Å². The Hall–Kier alpha value is -1.43. The number of nitrogens with zero attached hydrogens (tertiary/aromatic N) is 2. The van der Waals surface area contributed by atoms with Crippen LogP contribution in [-0.2, 0) is 0 Å². The maximum absolute atomic E-state index is 12.1. The molecule has 0 unspecified atom stereocenters. The standard InChI is InChI=1S/C19H22Cl3N3O2/c1-13-7-9-15(10-8-13)25-17(27-18(26)23-12-19(20,21)22)11-16(24-25)14-5-3-2-4-6-14/h7-11,14H,2-6,12H2,1H3,(H,23,26). The zero-order valence-electron chi connectivity index (χ0n) is 15.1. The van der Waals surface area contributed by atoms with Gasteiger partial charge in [0.15, 0.2) is 0 Å². The van der Waals surface area contributed by atoms with Crippen molar-refractivity contribution in [2.24, 2.45) is 0 Å². The summed E-state index contributed by atoms with van der Waals surface area (Å²) in [6, 6.07) is 9.71. The average molecular weight is 431 g/mol. The molecule has 1 N–H and O–H groups in total. The number of benzene rings is 1. The summed E-state index contributed by atoms with van der Waals surface area (Å²) in [5.41, 5.74) is 2.91. The summed E-state index contributed by atoms with van der Waals surface area (Å²) in [5.74, 6) is 0.735. The van der Waals surface area contributed by atoms with Gasteiger partial charge in [-0.25, -0.2) is 9.48 Å². The third-order valence-electron chi connectivity index (χ3n) is 4.63. The summed E-state index contributed by atoms with van der Waals surface area (Å²) >= 11 is 17.0. The molecule has 1 aliphatic carbocycles. The van der Waals surface area contributed by atoms with Crippen LogP contribution in [0.3, 0.4) is 0 Å². The van der Waals surface area contributed by atoms with Gasteiger partial charge in [-0.3, -0.25) is 0 Å². The molecule has 1 aromatic heterocycles. The Labute approximate surface area is 173 Å². The molecule has 1 amide bonds. The van der Waals surface area contributed by atoms with Crippen molar-refractivity contribution in [3.8, 4) is 11.6 Å². The monoisotopic (exact) mass is 429 g/mol. The summed E-state index contributed by atoms with van der Waals surface area (Å²) in [5, 5.41) is 7.18. The van der Waals surface area contributed by atoms with Crippen molar-refractivity contribution in [3.63, 3.8) is 0 Å². The number of amides is 1. The van der Waals surface area contributed by atoms with E-state index in [1.54, 1.807) is 4.68 Å². The molecule has 3 rings (SSSR count). The fourth-order valence-electron chi connectivity index (χ4n) is 3.23. The Bertz CT molecular complexity index is 778. The first-order valence-electron chi connectivity index (χ1n) is 9.01. The molecule has 1 saturated carbocycles. The van der Waals surface area contributed by atoms with Gasteiger partial charge < -0.3 is 10.1 Å². The van der Waals surface area contributed by atoms with Crippen LogP contribution in [0.4, 0.5) is 4.79 Å². The Morgan fingerprint density at radius 1 is 1.22 bits per heavy atom. The van der Waals surface area contributed by atoms with Crippen LogP contribution in [0, 0.1) is 6.92 Å². The maximum Gasteiger partial charge on any atom is 0.414 e. The fourth-order valence-corrected chi connectivity index (χ4v) is 3.43. The molecule has 146 valence electrons. The van der Waals surface area contributed by atoms with Gasteiger partial charge in [0.05, 0.1) is 17.9 Å². The van der Waals surface area contributed by atoms with Crippen molar-refractivity contribution in [2.75, 3.05) is 6.54 Å². The number of nitrogens with one attached hydrogen (secondary N) is 1. The molecular weight excluding hydrogens is 409 g/mol. The van der Waals surface area contributed by atoms with Gasteiger partial charge in [-0.2, -0.15) is 5.10 Å². The predicted octanol–water partition coefficient (Wildman–Crippen LogP) is 5.69. The van der Waals surface area contributed by atoms with Gasteiger partial charge in [0, 0.05) is 12.0 Å². The van der Waals surface area contributed by atoms with E-state index in [0.717, 1.165) is 29.8 Å². The van der Waals surface area contributed by atoms with E-state index in [1.165, 1.54) is 19.3 Å². The molecule has 1 fully saturated rings. The molecular formula is C19H22Cl3N3O2. The van der Waals surface area contributed by atoms with E-state index >= 15 is 0 Å². The van der Waals surface area contributed by atoms with Crippen LogP contribution < -0.4 is 10.1 Å². The highest BCUT2D eigenvalue weighted by Crippen LogP contribution is 2.34. The van der Waals surface area contributed by atoms with Crippen LogP contribution in [0.1, 0.15) is 49.3 Å². The lowest BCUT2D eigenvalue weighted by Gasteiger charge is -2.19. The number of carbonyl (C=O) groups is 1. The Balaban J connectivity index is 1.84. The zero-order valence-corrected chi connectivity index (χ0v) is 17.3. The first-order valence-corrected chi connectivity index (χ1v) is 10.1. The van der Waals surface area contributed by atoms with E-state index in [9.17, 15) is 4.79 Å². The number of ether oxygens (including phenoxy) is 1. The lowest BCUT2D eigenvalue weighted by atomic mass is 9.87. The van der Waals surface area contributed by atoms with E-state index in [0.29, 0.717) is 11.8 Å². The molecule has 8 heteroatoms. The summed E-state index contributed by atoms with van der Waals surface area (Å²) < 4.78 is 5.54. The van der Waals surface area contributed by atoms with Gasteiger partial charge in [-0.15, -0.1) is 0 Å². The summed E-state index contributed by atoms with van der Waals surface area (Å²) in [4.78, 5) is 12.1. The number of alkyl halides is 3. The van der Waals surface area contributed by atoms with Crippen LogP contribution >= 0.6 is 34.8 Å². The molecule has 0 radical (unpaired) electrons. The quantitative estimate of drug-likeness (QED) is 0.634. The zero-order chi connectivity index (χ0) is 19.4. The van der Waals surface area contributed by atoms with E-state index < -0.39 is 9.89 Å². The third-order valence-corrected chi connectivity index (χ3v) is 5.03. The largest absolute Gasteiger partial charge is 0.414 e. The van der Waals surface area contributed by atoms with Crippen LogP contribution in [0.5, 0.6) is 5.88 Å². The predicted molar refractivity (Wildman–Crippen MR) is 108 cm³/mol. The number of hydrogen-bond donors (Lipinski definition) is 1. The highest BCUT2D eigenvalue weighted by Gasteiger charge is 2.24. The van der Waals surface area contributed by atoms with Crippen molar-refractivity contribution < 1.29 is 9.53 Å². The number of rotatable bonds is 4. The normalized spacial score (nSPS) is 15.6. The molecule has 1 heterocycles. The summed E-state index contributed by atoms with van der Waals surface area (Å²) in [6.45, 7) is 1.87. The third kappa shape index (κ3) is 5.77. The van der Waals surface area contributed by atoms with Gasteiger partial charge in [0.2, 0.25) is 9.67 Å². The minimum atomic E-state index is -1.58. The smallest absolute Gasteiger partial charge is 0.391 e. The maximum atomic E-state index is 12.1. The van der Waals surface area contributed by atoms with E-state index in [2.05, 4.69) is 5.32 Å². The van der Waals surface area contributed by atoms with Gasteiger partial charge in [0.25, 0.3) is 0 Å². The Morgan fingerprint density at radius 3 is 2.52 bits per heavy atom. The Kier molecular flexibility index (Phi) is 6.56. The first-order chi connectivity index (χ1) is 12.8. The highest BCUT2D eigenvalue weighted by molar-refractivity contribution is 6.67. The van der Waals surface area contributed by atoms with E-state index in [-0.39, 0.29) is 6.54 Å². The van der Waals surface area contributed by atoms with Crippen LogP contribution in [0.2, 0.25) is 0 Å². The van der Waals surface area contributed by atoms with Crippen molar-refractivity contribution >= 4 is 40.9 Å². The molecule has 1 aliphatic rings. The highest BCUT2D eigenvalue weighted by atomic mass is 35.6. The van der Waals surface area contributed by atoms with E-state index in [1.807, 2.05) is 37.3 Å². The van der Waals surface area contributed by atoms with Crippen molar-refractivity contribution in [2.45, 2.75) is 48.7 Å². The Morgan fingerprint density at radius 2 is 1.89 bits per heavy atom. The second kappa shape index (κ2) is 8.72. The number of carbonyl (C=O) groups excluding carboxylic acids is 1. The molecule has 0 aliphatic heterocycles. The summed E-state index contributed by atoms with van der Waals surface area (Å²) in [6.07, 6.45) is 5.17. The lowest BCUT2D eigenvalue weighted by Crippen LogP contribution is -2.34. The van der Waals surface area contributed by atoms with Crippen LogP contribution in [0.25, 0.3) is 5.69 Å². The van der Waals surface area contributed by atoms with Crippen molar-refractivity contribution in [3.05, 3.63) is 41.6 Å². The van der Waals surface area contributed by atoms with Crippen molar-refractivity contribution in [1.82, 2.24) is 15.1 Å². The molecule has 1 aromatic carbocycles. The van der Waals surface area contributed by atoms with Crippen molar-refractivity contribution in [1.29, 1.82) is 0 Å². The van der Waals surface area contributed by atoms with E-state index in [4.69, 9.17) is 44.6 Å². The molecule has 5 nitrogen and oxygen atoms in total. The lowest BCUT2D eigenvalue weighted by molar-refractivity contribution is 0.197. The minimum Gasteiger partial charge on any atom is -0.391 e. The SMILES string of the molecule is Cc1ccc(-n2nc(C3CCCCC3)cc2OC(=O)NCC(Cl)(Cl)Cl)cc1. The minimum absolute atomic E-state index is 0.148. The van der Waals surface area contributed by atoms with Crippen LogP contribution in [-0.4, -0.2) is 26.2 Å². The molecule has 2 aromatic rings. The molecule has 27 heavy (non-hydrogen) atoms. The topological polar surface area (TPSA) is 56.2 Å². The van der Waals surface area contributed by atoms with Crippen LogP contribution in [0.15, 0.2) is 30.3 Å². The molecule has 0 bridgehead atoms. The van der Waals surface area contributed by atoms with Gasteiger partial charge in [-0.05, 0) is 31.9 Å². The average Bonchev–Trinajstić information content (AvgIpc) is 3.04. The number of aryl methyl sites for hydroxylation is 1. The first kappa shape index (κ1) is 20.3.